The van der Waals surface area contributed by atoms with Gasteiger partial charge in [0.25, 0.3) is 0 Å². The number of aliphatic hydroxyl groups is 1. The van der Waals surface area contributed by atoms with Gasteiger partial charge in [-0.2, -0.15) is 0 Å². The van der Waals surface area contributed by atoms with Crippen LogP contribution in [0.4, 0.5) is 0 Å². The van der Waals surface area contributed by atoms with E-state index in [4.69, 9.17) is 4.74 Å². The van der Waals surface area contributed by atoms with Crippen molar-refractivity contribution in [1.29, 1.82) is 0 Å². The van der Waals surface area contributed by atoms with Crippen LogP contribution in [0.3, 0.4) is 0 Å². The molecule has 0 spiro atoms. The van der Waals surface area contributed by atoms with Crippen molar-refractivity contribution in [3.05, 3.63) is 70.8 Å². The third kappa shape index (κ3) is 3.57. The number of hydrogen-bond donors (Lipinski definition) is 1. The lowest BCUT2D eigenvalue weighted by Crippen LogP contribution is -2.61. The van der Waals surface area contributed by atoms with E-state index >= 15 is 0 Å². The molecule has 26 heavy (non-hydrogen) atoms. The third-order valence-electron chi connectivity index (χ3n) is 6.15. The topological polar surface area (TPSA) is 32.7 Å². The van der Waals surface area contributed by atoms with Crippen molar-refractivity contribution in [1.82, 2.24) is 4.90 Å². The van der Waals surface area contributed by atoms with Crippen molar-refractivity contribution < 1.29 is 9.84 Å². The van der Waals surface area contributed by atoms with Gasteiger partial charge in [0.05, 0.1) is 18.8 Å². The van der Waals surface area contributed by atoms with E-state index in [0.717, 1.165) is 39.0 Å². The minimum Gasteiger partial charge on any atom is -0.389 e. The minimum atomic E-state index is -0.636. The van der Waals surface area contributed by atoms with E-state index in [2.05, 4.69) is 67.3 Å². The molecule has 3 heteroatoms. The lowest BCUT2D eigenvalue weighted by Gasteiger charge is -2.52. The lowest BCUT2D eigenvalue weighted by atomic mass is 9.76. The molecule has 2 saturated heterocycles. The number of piperidine rings is 1. The SMILES string of the molecule is Cc1cccc(C)c1CC1(O)CC2COCC(C1)N2Cc1ccccc1. The summed E-state index contributed by atoms with van der Waals surface area (Å²) in [6.07, 6.45) is 2.31. The second-order valence-corrected chi connectivity index (χ2v) is 8.18. The van der Waals surface area contributed by atoms with E-state index in [9.17, 15) is 5.11 Å². The van der Waals surface area contributed by atoms with Crippen LogP contribution in [0.5, 0.6) is 0 Å². The Morgan fingerprint density at radius 1 is 0.962 bits per heavy atom. The molecule has 138 valence electrons. The first-order chi connectivity index (χ1) is 12.5. The smallest absolute Gasteiger partial charge is 0.0719 e. The Kier molecular flexibility index (Phi) is 4.87. The number of rotatable bonds is 4. The van der Waals surface area contributed by atoms with Crippen molar-refractivity contribution in [3.8, 4) is 0 Å². The zero-order valence-corrected chi connectivity index (χ0v) is 15.8. The van der Waals surface area contributed by atoms with Crippen LogP contribution in [0.15, 0.2) is 48.5 Å². The zero-order chi connectivity index (χ0) is 18.1. The molecule has 0 saturated carbocycles. The highest BCUT2D eigenvalue weighted by molar-refractivity contribution is 5.35. The number of nitrogens with zero attached hydrogens (tertiary/aromatic N) is 1. The summed E-state index contributed by atoms with van der Waals surface area (Å²) in [5.41, 5.74) is 4.58. The molecule has 1 N–H and O–H groups in total. The van der Waals surface area contributed by atoms with E-state index in [-0.39, 0.29) is 12.1 Å². The van der Waals surface area contributed by atoms with Gasteiger partial charge in [-0.1, -0.05) is 48.5 Å². The normalized spacial score (nSPS) is 28.9. The van der Waals surface area contributed by atoms with Gasteiger partial charge in [0.15, 0.2) is 0 Å². The van der Waals surface area contributed by atoms with Gasteiger partial charge >= 0.3 is 0 Å². The van der Waals surface area contributed by atoms with Gasteiger partial charge < -0.3 is 9.84 Å². The van der Waals surface area contributed by atoms with Gasteiger partial charge in [0.2, 0.25) is 0 Å². The van der Waals surface area contributed by atoms with Crippen LogP contribution in [-0.4, -0.2) is 40.9 Å². The van der Waals surface area contributed by atoms with Crippen LogP contribution in [0.25, 0.3) is 0 Å². The monoisotopic (exact) mass is 351 g/mol. The molecule has 2 aromatic carbocycles. The Morgan fingerprint density at radius 2 is 1.58 bits per heavy atom. The minimum absolute atomic E-state index is 0.289. The zero-order valence-electron chi connectivity index (χ0n) is 15.8. The van der Waals surface area contributed by atoms with Crippen molar-refractivity contribution in [2.24, 2.45) is 0 Å². The van der Waals surface area contributed by atoms with Gasteiger partial charge in [0, 0.05) is 25.0 Å². The van der Waals surface area contributed by atoms with Crippen molar-refractivity contribution in [2.75, 3.05) is 13.2 Å². The first-order valence-electron chi connectivity index (χ1n) is 9.69. The molecule has 0 radical (unpaired) electrons. The molecule has 0 aromatic heterocycles. The van der Waals surface area contributed by atoms with E-state index in [1.165, 1.54) is 22.3 Å². The molecule has 2 aliphatic rings. The lowest BCUT2D eigenvalue weighted by molar-refractivity contribution is -0.145. The fraction of sp³-hybridized carbons (Fsp3) is 0.478. The Hall–Kier alpha value is -1.68. The summed E-state index contributed by atoms with van der Waals surface area (Å²) in [6, 6.07) is 17.6. The van der Waals surface area contributed by atoms with Crippen molar-refractivity contribution >= 4 is 0 Å². The molecule has 0 amide bonds. The maximum absolute atomic E-state index is 11.5. The average molecular weight is 351 g/mol. The van der Waals surface area contributed by atoms with Gasteiger partial charge in [-0.25, -0.2) is 0 Å². The first kappa shape index (κ1) is 17.7. The van der Waals surface area contributed by atoms with Gasteiger partial charge in [-0.05, 0) is 48.9 Å². The molecule has 0 aliphatic carbocycles. The molecule has 2 fully saturated rings. The second-order valence-electron chi connectivity index (χ2n) is 8.18. The van der Waals surface area contributed by atoms with Gasteiger partial charge in [-0.15, -0.1) is 0 Å². The fourth-order valence-electron chi connectivity index (χ4n) is 4.80. The summed E-state index contributed by atoms with van der Waals surface area (Å²) in [7, 11) is 0. The number of aryl methyl sites for hydroxylation is 2. The van der Waals surface area contributed by atoms with E-state index in [1.54, 1.807) is 0 Å². The van der Waals surface area contributed by atoms with Crippen molar-refractivity contribution in [3.63, 3.8) is 0 Å². The molecule has 2 unspecified atom stereocenters. The number of morpholine rings is 1. The molecular weight excluding hydrogens is 322 g/mol. The highest BCUT2D eigenvalue weighted by Crippen LogP contribution is 2.38. The molecule has 2 bridgehead atoms. The first-order valence-corrected chi connectivity index (χ1v) is 9.69. The predicted octanol–water partition coefficient (Wildman–Crippen LogP) is 3.64. The second kappa shape index (κ2) is 7.15. The molecule has 2 heterocycles. The maximum atomic E-state index is 11.5. The third-order valence-corrected chi connectivity index (χ3v) is 6.15. The Balaban J connectivity index is 1.53. The van der Waals surface area contributed by atoms with Crippen LogP contribution in [-0.2, 0) is 17.7 Å². The largest absolute Gasteiger partial charge is 0.389 e. The van der Waals surface area contributed by atoms with Gasteiger partial charge in [0.1, 0.15) is 0 Å². The highest BCUT2D eigenvalue weighted by atomic mass is 16.5. The van der Waals surface area contributed by atoms with Gasteiger partial charge in [-0.3, -0.25) is 4.90 Å². The van der Waals surface area contributed by atoms with Crippen LogP contribution >= 0.6 is 0 Å². The van der Waals surface area contributed by atoms with E-state index < -0.39 is 5.60 Å². The summed E-state index contributed by atoms with van der Waals surface area (Å²) >= 11 is 0. The summed E-state index contributed by atoms with van der Waals surface area (Å²) in [5, 5.41) is 11.5. The standard InChI is InChI=1S/C23H29NO2/c1-17-7-6-8-18(2)22(17)13-23(25)11-20-15-26-16-21(12-23)24(20)14-19-9-4-3-5-10-19/h3-10,20-21,25H,11-16H2,1-2H3. The predicted molar refractivity (Wildman–Crippen MR) is 104 cm³/mol. The molecule has 2 atom stereocenters. The van der Waals surface area contributed by atoms with Crippen LogP contribution in [0.2, 0.25) is 0 Å². The summed E-state index contributed by atoms with van der Waals surface area (Å²) in [6.45, 7) is 6.69. The Labute approximate surface area is 156 Å². The molecular formula is C23H29NO2. The molecule has 3 nitrogen and oxygen atoms in total. The molecule has 2 aliphatic heterocycles. The Bertz CT molecular complexity index is 724. The van der Waals surface area contributed by atoms with Crippen LogP contribution in [0.1, 0.15) is 35.1 Å². The summed E-state index contributed by atoms with van der Waals surface area (Å²) < 4.78 is 5.84. The summed E-state index contributed by atoms with van der Waals surface area (Å²) in [5.74, 6) is 0. The average Bonchev–Trinajstić information content (AvgIpc) is 2.60. The van der Waals surface area contributed by atoms with E-state index in [1.807, 2.05) is 0 Å². The molecule has 2 aromatic rings. The van der Waals surface area contributed by atoms with Crippen LogP contribution < -0.4 is 0 Å². The quantitative estimate of drug-likeness (QED) is 0.913. The van der Waals surface area contributed by atoms with E-state index in [0.29, 0.717) is 0 Å². The Morgan fingerprint density at radius 3 is 2.19 bits per heavy atom. The van der Waals surface area contributed by atoms with Crippen LogP contribution in [0, 0.1) is 13.8 Å². The number of hydrogen-bond acceptors (Lipinski definition) is 3. The maximum Gasteiger partial charge on any atom is 0.0719 e. The number of ether oxygens (including phenoxy) is 1. The number of fused-ring (bicyclic) bond motifs is 2. The summed E-state index contributed by atoms with van der Waals surface area (Å²) in [4.78, 5) is 2.55. The fourth-order valence-corrected chi connectivity index (χ4v) is 4.80. The molecule has 4 rings (SSSR count). The highest BCUT2D eigenvalue weighted by Gasteiger charge is 2.46. The van der Waals surface area contributed by atoms with Crippen molar-refractivity contribution in [2.45, 2.75) is 57.3 Å². The number of benzene rings is 2.